The summed E-state index contributed by atoms with van der Waals surface area (Å²) in [5.74, 6) is -0.457. The molecule has 1 atom stereocenters. The van der Waals surface area contributed by atoms with Gasteiger partial charge in [-0.1, -0.05) is 17.7 Å². The van der Waals surface area contributed by atoms with Gasteiger partial charge in [0.2, 0.25) is 0 Å². The smallest absolute Gasteiger partial charge is 0.344 e. The summed E-state index contributed by atoms with van der Waals surface area (Å²) in [5, 5.41) is 12.8. The first-order valence-electron chi connectivity index (χ1n) is 5.98. The number of halogens is 1. The van der Waals surface area contributed by atoms with Crippen molar-refractivity contribution in [2.24, 2.45) is 0 Å². The molecule has 0 bridgehead atoms. The van der Waals surface area contributed by atoms with Crippen molar-refractivity contribution < 1.29 is 14.6 Å². The van der Waals surface area contributed by atoms with E-state index in [-0.39, 0.29) is 0 Å². The number of rotatable bonds is 6. The van der Waals surface area contributed by atoms with Gasteiger partial charge in [0.25, 0.3) is 0 Å². The summed E-state index contributed by atoms with van der Waals surface area (Å²) in [6.07, 6.45) is 1.49. The molecule has 0 aliphatic heterocycles. The predicted molar refractivity (Wildman–Crippen MR) is 69.0 cm³/mol. The first kappa shape index (κ1) is 13.2. The molecule has 0 aromatic heterocycles. The second-order valence-corrected chi connectivity index (χ2v) is 4.88. The maximum atomic E-state index is 10.8. The summed E-state index contributed by atoms with van der Waals surface area (Å²) in [7, 11) is 0. The summed E-state index contributed by atoms with van der Waals surface area (Å²) in [5.41, 5.74) is 0.819. The van der Waals surface area contributed by atoms with Crippen molar-refractivity contribution in [1.82, 2.24) is 5.32 Å². The number of aliphatic carboxylic acids is 1. The molecule has 1 aliphatic rings. The number of carboxylic acid groups (broad SMARTS) is 1. The lowest BCUT2D eigenvalue weighted by molar-refractivity contribution is -0.144. The molecule has 5 heteroatoms. The number of benzene rings is 1. The fourth-order valence-electron chi connectivity index (χ4n) is 1.60. The Morgan fingerprint density at radius 1 is 1.61 bits per heavy atom. The molecular formula is C13H16ClNO3. The van der Waals surface area contributed by atoms with Crippen molar-refractivity contribution in [1.29, 1.82) is 0 Å². The molecular weight excluding hydrogens is 254 g/mol. The van der Waals surface area contributed by atoms with Crippen LogP contribution in [0.4, 0.5) is 0 Å². The zero-order valence-corrected chi connectivity index (χ0v) is 10.9. The summed E-state index contributed by atoms with van der Waals surface area (Å²) < 4.78 is 5.42. The highest BCUT2D eigenvalue weighted by Crippen LogP contribution is 2.28. The Morgan fingerprint density at radius 2 is 2.33 bits per heavy atom. The molecule has 18 heavy (non-hydrogen) atoms. The Labute approximate surface area is 111 Å². The highest BCUT2D eigenvalue weighted by molar-refractivity contribution is 6.31. The summed E-state index contributed by atoms with van der Waals surface area (Å²) in [4.78, 5) is 10.8. The molecule has 1 aromatic rings. The van der Waals surface area contributed by atoms with E-state index in [1.807, 2.05) is 0 Å². The van der Waals surface area contributed by atoms with Gasteiger partial charge >= 0.3 is 5.97 Å². The topological polar surface area (TPSA) is 58.6 Å². The maximum Gasteiger partial charge on any atom is 0.344 e. The van der Waals surface area contributed by atoms with Crippen molar-refractivity contribution in [3.8, 4) is 5.75 Å². The number of ether oxygens (including phenoxy) is 1. The molecule has 0 amide bonds. The van der Waals surface area contributed by atoms with Crippen molar-refractivity contribution in [3.05, 3.63) is 28.8 Å². The maximum absolute atomic E-state index is 10.8. The van der Waals surface area contributed by atoms with E-state index in [4.69, 9.17) is 21.4 Å². The molecule has 4 nitrogen and oxygen atoms in total. The standard InChI is InChI=1S/C13H16ClNO3/c1-8(13(16)17)18-12-4-2-3-11(14)10(12)7-15-9-5-6-9/h2-4,8-9,15H,5-7H2,1H3,(H,16,17). The van der Waals surface area contributed by atoms with Gasteiger partial charge in [-0.15, -0.1) is 0 Å². The second kappa shape index (κ2) is 5.59. The van der Waals surface area contributed by atoms with Crippen LogP contribution >= 0.6 is 11.6 Å². The first-order valence-corrected chi connectivity index (χ1v) is 6.36. The lowest BCUT2D eigenvalue weighted by atomic mass is 10.2. The lowest BCUT2D eigenvalue weighted by Crippen LogP contribution is -2.24. The van der Waals surface area contributed by atoms with Gasteiger partial charge < -0.3 is 15.2 Å². The fourth-order valence-corrected chi connectivity index (χ4v) is 1.83. The fraction of sp³-hybridized carbons (Fsp3) is 0.462. The van der Waals surface area contributed by atoms with Crippen LogP contribution in [0, 0.1) is 0 Å². The van der Waals surface area contributed by atoms with Gasteiger partial charge in [0.05, 0.1) is 0 Å². The Morgan fingerprint density at radius 3 is 2.94 bits per heavy atom. The SMILES string of the molecule is CC(Oc1cccc(Cl)c1CNC1CC1)C(=O)O. The van der Waals surface area contributed by atoms with Crippen LogP contribution in [0.3, 0.4) is 0 Å². The van der Waals surface area contributed by atoms with Crippen LogP contribution < -0.4 is 10.1 Å². The minimum atomic E-state index is -0.990. The van der Waals surface area contributed by atoms with E-state index >= 15 is 0 Å². The number of hydrogen-bond acceptors (Lipinski definition) is 3. The van der Waals surface area contributed by atoms with Crippen molar-refractivity contribution in [2.75, 3.05) is 0 Å². The number of nitrogens with one attached hydrogen (secondary N) is 1. The highest BCUT2D eigenvalue weighted by atomic mass is 35.5. The van der Waals surface area contributed by atoms with Crippen molar-refractivity contribution in [3.63, 3.8) is 0 Å². The van der Waals surface area contributed by atoms with Gasteiger partial charge in [0.15, 0.2) is 6.10 Å². The minimum absolute atomic E-state index is 0.533. The average molecular weight is 270 g/mol. The van der Waals surface area contributed by atoms with Gasteiger partial charge in [-0.2, -0.15) is 0 Å². The third-order valence-corrected chi connectivity index (χ3v) is 3.23. The molecule has 0 radical (unpaired) electrons. The van der Waals surface area contributed by atoms with Gasteiger partial charge in [0.1, 0.15) is 5.75 Å². The molecule has 1 saturated carbocycles. The number of carbonyl (C=O) groups is 1. The van der Waals surface area contributed by atoms with Gasteiger partial charge in [-0.05, 0) is 31.9 Å². The van der Waals surface area contributed by atoms with E-state index in [9.17, 15) is 4.79 Å². The molecule has 98 valence electrons. The molecule has 0 spiro atoms. The van der Waals surface area contributed by atoms with Crippen molar-refractivity contribution >= 4 is 17.6 Å². The van der Waals surface area contributed by atoms with E-state index < -0.39 is 12.1 Å². The van der Waals surface area contributed by atoms with Crippen LogP contribution in [-0.4, -0.2) is 23.2 Å². The monoisotopic (exact) mass is 269 g/mol. The van der Waals surface area contributed by atoms with Gasteiger partial charge in [-0.3, -0.25) is 0 Å². The van der Waals surface area contributed by atoms with Crippen LogP contribution in [0.15, 0.2) is 18.2 Å². The second-order valence-electron chi connectivity index (χ2n) is 4.47. The first-order chi connectivity index (χ1) is 8.58. The van der Waals surface area contributed by atoms with E-state index in [0.717, 1.165) is 5.56 Å². The average Bonchev–Trinajstić information content (AvgIpc) is 3.12. The molecule has 1 fully saturated rings. The summed E-state index contributed by atoms with van der Waals surface area (Å²) in [6, 6.07) is 5.84. The van der Waals surface area contributed by atoms with Crippen LogP contribution in [0.25, 0.3) is 0 Å². The molecule has 0 saturated heterocycles. The molecule has 1 aromatic carbocycles. The predicted octanol–water partition coefficient (Wildman–Crippen LogP) is 2.44. The third kappa shape index (κ3) is 3.37. The normalized spacial score (nSPS) is 16.3. The largest absolute Gasteiger partial charge is 0.479 e. The van der Waals surface area contributed by atoms with Crippen LogP contribution in [0.1, 0.15) is 25.3 Å². The lowest BCUT2D eigenvalue weighted by Gasteiger charge is -2.16. The Hall–Kier alpha value is -1.26. The molecule has 1 aliphatic carbocycles. The molecule has 0 heterocycles. The van der Waals surface area contributed by atoms with E-state index in [1.165, 1.54) is 19.8 Å². The Balaban J connectivity index is 2.11. The Bertz CT molecular complexity index is 446. The van der Waals surface area contributed by atoms with Gasteiger partial charge in [-0.25, -0.2) is 4.79 Å². The number of hydrogen-bond donors (Lipinski definition) is 2. The third-order valence-electron chi connectivity index (χ3n) is 2.87. The van der Waals surface area contributed by atoms with E-state index in [1.54, 1.807) is 18.2 Å². The summed E-state index contributed by atoms with van der Waals surface area (Å²) in [6.45, 7) is 2.10. The van der Waals surface area contributed by atoms with E-state index in [2.05, 4.69) is 5.32 Å². The van der Waals surface area contributed by atoms with Crippen LogP contribution in [-0.2, 0) is 11.3 Å². The zero-order valence-electron chi connectivity index (χ0n) is 10.1. The molecule has 1 unspecified atom stereocenters. The quantitative estimate of drug-likeness (QED) is 0.833. The van der Waals surface area contributed by atoms with Gasteiger partial charge in [0, 0.05) is 23.2 Å². The van der Waals surface area contributed by atoms with E-state index in [0.29, 0.717) is 23.4 Å². The van der Waals surface area contributed by atoms with Crippen molar-refractivity contribution in [2.45, 2.75) is 38.5 Å². The minimum Gasteiger partial charge on any atom is -0.479 e. The van der Waals surface area contributed by atoms with Crippen LogP contribution in [0.2, 0.25) is 5.02 Å². The number of carboxylic acids is 1. The van der Waals surface area contributed by atoms with Crippen LogP contribution in [0.5, 0.6) is 5.75 Å². The zero-order chi connectivity index (χ0) is 13.1. The Kier molecular flexibility index (Phi) is 4.09. The highest BCUT2D eigenvalue weighted by Gasteiger charge is 2.22. The summed E-state index contributed by atoms with van der Waals surface area (Å²) >= 11 is 6.13. The molecule has 2 rings (SSSR count). The molecule has 2 N–H and O–H groups in total.